The van der Waals surface area contributed by atoms with Crippen LogP contribution in [-0.4, -0.2) is 45.8 Å². The Morgan fingerprint density at radius 2 is 2.12 bits per heavy atom. The summed E-state index contributed by atoms with van der Waals surface area (Å²) >= 11 is 0. The maximum atomic E-state index is 12.6. The van der Waals surface area contributed by atoms with Crippen LogP contribution in [0.5, 0.6) is 5.75 Å². The molecule has 2 aromatic rings. The summed E-state index contributed by atoms with van der Waals surface area (Å²) in [5.41, 5.74) is 1.16. The Bertz CT molecular complexity index is 681. The summed E-state index contributed by atoms with van der Waals surface area (Å²) in [4.78, 5) is 14.5. The summed E-state index contributed by atoms with van der Waals surface area (Å²) < 4.78 is 7.11. The van der Waals surface area contributed by atoms with Gasteiger partial charge in [0, 0.05) is 32.5 Å². The quantitative estimate of drug-likeness (QED) is 0.844. The van der Waals surface area contributed by atoms with Gasteiger partial charge in [-0.15, -0.1) is 10.2 Å². The number of aromatic nitrogens is 3. The Morgan fingerprint density at radius 1 is 1.33 bits per heavy atom. The van der Waals surface area contributed by atoms with E-state index >= 15 is 0 Å². The average molecular weight is 328 g/mol. The number of aryl methyl sites for hydroxylation is 2. The minimum Gasteiger partial charge on any atom is -0.497 e. The number of hydrogen-bond donors (Lipinski definition) is 0. The summed E-state index contributed by atoms with van der Waals surface area (Å²) in [5, 5.41) is 8.16. The van der Waals surface area contributed by atoms with Gasteiger partial charge in [-0.2, -0.15) is 0 Å². The van der Waals surface area contributed by atoms with E-state index in [9.17, 15) is 4.79 Å². The lowest BCUT2D eigenvalue weighted by molar-refractivity contribution is -0.132. The fraction of sp³-hybridized carbons (Fsp3) is 0.500. The third-order valence-corrected chi connectivity index (χ3v) is 4.67. The van der Waals surface area contributed by atoms with Crippen molar-refractivity contribution in [3.05, 3.63) is 42.0 Å². The second kappa shape index (κ2) is 7.47. The second-order valence-corrected chi connectivity index (χ2v) is 6.33. The van der Waals surface area contributed by atoms with E-state index in [0.717, 1.165) is 49.5 Å². The van der Waals surface area contributed by atoms with Gasteiger partial charge < -0.3 is 14.2 Å². The largest absolute Gasteiger partial charge is 0.497 e. The van der Waals surface area contributed by atoms with Gasteiger partial charge >= 0.3 is 0 Å². The second-order valence-electron chi connectivity index (χ2n) is 6.33. The van der Waals surface area contributed by atoms with Crippen molar-refractivity contribution in [2.45, 2.75) is 31.6 Å². The van der Waals surface area contributed by atoms with Crippen molar-refractivity contribution in [1.29, 1.82) is 0 Å². The highest BCUT2D eigenvalue weighted by Gasteiger charge is 2.27. The van der Waals surface area contributed by atoms with E-state index in [4.69, 9.17) is 4.74 Å². The van der Waals surface area contributed by atoms with Crippen molar-refractivity contribution < 1.29 is 9.53 Å². The maximum absolute atomic E-state index is 12.6. The maximum Gasteiger partial charge on any atom is 0.222 e. The number of methoxy groups -OCH3 is 1. The Labute approximate surface area is 142 Å². The molecule has 0 radical (unpaired) electrons. The molecule has 1 aromatic carbocycles. The lowest BCUT2D eigenvalue weighted by atomic mass is 9.96. The number of carbonyl (C=O) groups is 1. The highest BCUT2D eigenvalue weighted by atomic mass is 16.5. The number of ether oxygens (including phenoxy) is 1. The molecule has 1 amide bonds. The molecule has 1 fully saturated rings. The monoisotopic (exact) mass is 328 g/mol. The standard InChI is InChI=1S/C18H24N4O2/c1-21-13-19-20-18(21)15-4-3-11-22(12-15)17(23)10-7-14-5-8-16(24-2)9-6-14/h5-6,8-9,13,15H,3-4,7,10-12H2,1-2H3. The summed E-state index contributed by atoms with van der Waals surface area (Å²) in [6, 6.07) is 7.91. The summed E-state index contributed by atoms with van der Waals surface area (Å²) in [7, 11) is 3.61. The van der Waals surface area contributed by atoms with Crippen molar-refractivity contribution in [2.24, 2.45) is 7.05 Å². The van der Waals surface area contributed by atoms with E-state index in [0.29, 0.717) is 6.42 Å². The van der Waals surface area contributed by atoms with E-state index < -0.39 is 0 Å². The van der Waals surface area contributed by atoms with Crippen molar-refractivity contribution in [1.82, 2.24) is 19.7 Å². The van der Waals surface area contributed by atoms with Crippen LogP contribution in [0.4, 0.5) is 0 Å². The van der Waals surface area contributed by atoms with E-state index in [-0.39, 0.29) is 11.8 Å². The Hall–Kier alpha value is -2.37. The molecule has 6 nitrogen and oxygen atoms in total. The molecule has 1 unspecified atom stereocenters. The third kappa shape index (κ3) is 3.75. The molecule has 1 aromatic heterocycles. The van der Waals surface area contributed by atoms with Gasteiger partial charge in [0.05, 0.1) is 7.11 Å². The smallest absolute Gasteiger partial charge is 0.222 e. The molecule has 0 aliphatic carbocycles. The number of amides is 1. The van der Waals surface area contributed by atoms with Gasteiger partial charge in [-0.1, -0.05) is 12.1 Å². The van der Waals surface area contributed by atoms with Crippen LogP contribution in [0.3, 0.4) is 0 Å². The van der Waals surface area contributed by atoms with Crippen LogP contribution in [0.15, 0.2) is 30.6 Å². The van der Waals surface area contributed by atoms with E-state index in [1.165, 1.54) is 0 Å². The highest BCUT2D eigenvalue weighted by Crippen LogP contribution is 2.25. The topological polar surface area (TPSA) is 60.2 Å². The molecule has 3 rings (SSSR count). The van der Waals surface area contributed by atoms with Crippen molar-refractivity contribution in [2.75, 3.05) is 20.2 Å². The van der Waals surface area contributed by atoms with E-state index in [1.807, 2.05) is 40.8 Å². The summed E-state index contributed by atoms with van der Waals surface area (Å²) in [6.45, 7) is 1.59. The molecule has 1 aliphatic heterocycles. The molecule has 0 N–H and O–H groups in total. The van der Waals surface area contributed by atoms with Crippen molar-refractivity contribution in [3.8, 4) is 5.75 Å². The molecule has 128 valence electrons. The predicted molar refractivity (Wildman–Crippen MR) is 90.9 cm³/mol. The number of benzene rings is 1. The molecule has 1 aliphatic rings. The number of hydrogen-bond acceptors (Lipinski definition) is 4. The van der Waals surface area contributed by atoms with Crippen LogP contribution < -0.4 is 4.74 Å². The third-order valence-electron chi connectivity index (χ3n) is 4.67. The predicted octanol–water partition coefficient (Wildman–Crippen LogP) is 2.16. The molecule has 0 spiro atoms. The van der Waals surface area contributed by atoms with Crippen LogP contribution in [0.1, 0.15) is 36.6 Å². The zero-order valence-corrected chi connectivity index (χ0v) is 14.3. The van der Waals surface area contributed by atoms with Gasteiger partial charge in [-0.05, 0) is 37.0 Å². The number of nitrogens with zero attached hydrogens (tertiary/aromatic N) is 4. The Morgan fingerprint density at radius 3 is 2.79 bits per heavy atom. The first-order chi connectivity index (χ1) is 11.7. The highest BCUT2D eigenvalue weighted by molar-refractivity contribution is 5.76. The minimum atomic E-state index is 0.220. The van der Waals surface area contributed by atoms with Crippen LogP contribution in [0.2, 0.25) is 0 Å². The zero-order chi connectivity index (χ0) is 16.9. The number of carbonyl (C=O) groups excluding carboxylic acids is 1. The van der Waals surface area contributed by atoms with Gasteiger partial charge in [0.25, 0.3) is 0 Å². The first-order valence-electron chi connectivity index (χ1n) is 8.42. The van der Waals surface area contributed by atoms with Crippen molar-refractivity contribution in [3.63, 3.8) is 0 Å². The SMILES string of the molecule is COc1ccc(CCC(=O)N2CCCC(c3nncn3C)C2)cc1. The van der Waals surface area contributed by atoms with Crippen LogP contribution in [0, 0.1) is 0 Å². The van der Waals surface area contributed by atoms with Crippen LogP contribution in [-0.2, 0) is 18.3 Å². The molecule has 1 atom stereocenters. The molecule has 1 saturated heterocycles. The first-order valence-corrected chi connectivity index (χ1v) is 8.42. The lowest BCUT2D eigenvalue weighted by Crippen LogP contribution is -2.39. The van der Waals surface area contributed by atoms with Crippen molar-refractivity contribution >= 4 is 5.91 Å². The molecular weight excluding hydrogens is 304 g/mol. The molecule has 0 bridgehead atoms. The molecule has 0 saturated carbocycles. The minimum absolute atomic E-state index is 0.220. The number of likely N-dealkylation sites (tertiary alicyclic amines) is 1. The summed E-state index contributed by atoms with van der Waals surface area (Å²) in [5.74, 6) is 2.32. The Balaban J connectivity index is 1.55. The summed E-state index contributed by atoms with van der Waals surface area (Å²) in [6.07, 6.45) is 5.10. The lowest BCUT2D eigenvalue weighted by Gasteiger charge is -2.32. The van der Waals surface area contributed by atoms with Gasteiger partial charge in [-0.3, -0.25) is 4.79 Å². The van der Waals surface area contributed by atoms with Crippen LogP contribution >= 0.6 is 0 Å². The van der Waals surface area contributed by atoms with Gasteiger partial charge in [0.1, 0.15) is 17.9 Å². The fourth-order valence-electron chi connectivity index (χ4n) is 3.28. The number of rotatable bonds is 5. The first kappa shape index (κ1) is 16.5. The van der Waals surface area contributed by atoms with E-state index in [2.05, 4.69) is 10.2 Å². The van der Waals surface area contributed by atoms with Gasteiger partial charge in [0.2, 0.25) is 5.91 Å². The normalized spacial score (nSPS) is 17.8. The average Bonchev–Trinajstić information content (AvgIpc) is 3.06. The van der Waals surface area contributed by atoms with Crippen LogP contribution in [0.25, 0.3) is 0 Å². The van der Waals surface area contributed by atoms with Gasteiger partial charge in [-0.25, -0.2) is 0 Å². The zero-order valence-electron chi connectivity index (χ0n) is 14.3. The van der Waals surface area contributed by atoms with Gasteiger partial charge in [0.15, 0.2) is 0 Å². The Kier molecular flexibility index (Phi) is 5.13. The molecule has 2 heterocycles. The fourth-order valence-corrected chi connectivity index (χ4v) is 3.28. The molecule has 6 heteroatoms. The van der Waals surface area contributed by atoms with E-state index in [1.54, 1.807) is 13.4 Å². The molecule has 24 heavy (non-hydrogen) atoms. The number of piperidine rings is 1. The molecular formula is C18H24N4O2.